The molecule has 150 valence electrons. The van der Waals surface area contributed by atoms with Gasteiger partial charge in [0.25, 0.3) is 11.6 Å². The minimum atomic E-state index is -0.432. The lowest BCUT2D eigenvalue weighted by Crippen LogP contribution is -2.19. The zero-order valence-corrected chi connectivity index (χ0v) is 16.3. The summed E-state index contributed by atoms with van der Waals surface area (Å²) < 4.78 is 1.81. The van der Waals surface area contributed by atoms with E-state index in [4.69, 9.17) is 0 Å². The molecular formula is C20H22N6O3. The first-order valence-electron chi connectivity index (χ1n) is 9.62. The van der Waals surface area contributed by atoms with Gasteiger partial charge in [0.05, 0.1) is 23.0 Å². The quantitative estimate of drug-likeness (QED) is 0.521. The van der Waals surface area contributed by atoms with Crippen LogP contribution >= 0.6 is 0 Å². The summed E-state index contributed by atoms with van der Waals surface area (Å²) in [5.41, 5.74) is 2.00. The molecule has 9 nitrogen and oxygen atoms in total. The van der Waals surface area contributed by atoms with E-state index >= 15 is 0 Å². The van der Waals surface area contributed by atoms with Gasteiger partial charge in [0, 0.05) is 36.1 Å². The van der Waals surface area contributed by atoms with Crippen molar-refractivity contribution in [2.45, 2.75) is 32.7 Å². The van der Waals surface area contributed by atoms with Crippen LogP contribution in [-0.4, -0.2) is 38.7 Å². The molecule has 1 aromatic carbocycles. The number of rotatable bonds is 5. The van der Waals surface area contributed by atoms with Crippen LogP contribution in [0.5, 0.6) is 0 Å². The van der Waals surface area contributed by atoms with E-state index < -0.39 is 10.8 Å². The number of aromatic nitrogens is 3. The van der Waals surface area contributed by atoms with Crippen molar-refractivity contribution in [1.82, 2.24) is 14.8 Å². The van der Waals surface area contributed by atoms with E-state index in [1.165, 1.54) is 6.07 Å². The van der Waals surface area contributed by atoms with Gasteiger partial charge in [-0.3, -0.25) is 14.9 Å². The van der Waals surface area contributed by atoms with E-state index in [0.717, 1.165) is 37.0 Å². The standard InChI is InChI=1S/C20H22N6O3/c1-13(2)25-19-15(11-22-25)9-16(12-21-19)23-20(27)14-5-6-17(18(10-14)26(28)29)24-7-3-4-8-24/h5-6,9-13H,3-4,7-8H2,1-2H3,(H,23,27). The minimum Gasteiger partial charge on any atom is -0.366 e. The Balaban J connectivity index is 1.58. The Hall–Kier alpha value is -3.49. The lowest BCUT2D eigenvalue weighted by molar-refractivity contribution is -0.384. The SMILES string of the molecule is CC(C)n1ncc2cc(NC(=O)c3ccc(N4CCCC4)c([N+](=O)[O-])c3)cnc21. The second-order valence-corrected chi connectivity index (χ2v) is 7.43. The van der Waals surface area contributed by atoms with Crippen molar-refractivity contribution in [1.29, 1.82) is 0 Å². The third-order valence-electron chi connectivity index (χ3n) is 5.06. The van der Waals surface area contributed by atoms with Crippen molar-refractivity contribution in [2.24, 2.45) is 0 Å². The topological polar surface area (TPSA) is 106 Å². The molecule has 0 saturated carbocycles. The Morgan fingerprint density at radius 1 is 1.21 bits per heavy atom. The second kappa shape index (κ2) is 7.50. The highest BCUT2D eigenvalue weighted by molar-refractivity contribution is 6.05. The molecule has 0 unspecified atom stereocenters. The second-order valence-electron chi connectivity index (χ2n) is 7.43. The number of nitrogens with one attached hydrogen (secondary N) is 1. The minimum absolute atomic E-state index is 0.0497. The maximum Gasteiger partial charge on any atom is 0.293 e. The van der Waals surface area contributed by atoms with Crippen LogP contribution in [0.4, 0.5) is 17.1 Å². The Morgan fingerprint density at radius 2 is 1.97 bits per heavy atom. The van der Waals surface area contributed by atoms with Gasteiger partial charge in [-0.25, -0.2) is 9.67 Å². The Kier molecular flexibility index (Phi) is 4.87. The van der Waals surface area contributed by atoms with Crippen LogP contribution in [0.2, 0.25) is 0 Å². The van der Waals surface area contributed by atoms with Crippen LogP contribution in [-0.2, 0) is 0 Å². The summed E-state index contributed by atoms with van der Waals surface area (Å²) >= 11 is 0. The number of nitro benzene ring substituents is 1. The van der Waals surface area contributed by atoms with Crippen molar-refractivity contribution in [3.63, 3.8) is 0 Å². The molecule has 1 fully saturated rings. The first-order chi connectivity index (χ1) is 13.9. The predicted octanol–water partition coefficient (Wildman–Crippen LogP) is 3.77. The van der Waals surface area contributed by atoms with Crippen molar-refractivity contribution in [2.75, 3.05) is 23.3 Å². The first kappa shape index (κ1) is 18.9. The van der Waals surface area contributed by atoms with E-state index in [0.29, 0.717) is 11.4 Å². The molecule has 1 aliphatic rings. The van der Waals surface area contributed by atoms with E-state index in [9.17, 15) is 14.9 Å². The number of amides is 1. The van der Waals surface area contributed by atoms with E-state index in [1.54, 1.807) is 35.3 Å². The number of carbonyl (C=O) groups is 1. The molecule has 0 bridgehead atoms. The maximum absolute atomic E-state index is 12.7. The van der Waals surface area contributed by atoms with Gasteiger partial charge in [0.2, 0.25) is 0 Å². The molecule has 0 spiro atoms. The number of anilines is 2. The highest BCUT2D eigenvalue weighted by Gasteiger charge is 2.24. The normalized spacial score (nSPS) is 14.0. The average molecular weight is 394 g/mol. The molecule has 1 saturated heterocycles. The summed E-state index contributed by atoms with van der Waals surface area (Å²) in [7, 11) is 0. The summed E-state index contributed by atoms with van der Waals surface area (Å²) in [6.07, 6.45) is 5.30. The van der Waals surface area contributed by atoms with Gasteiger partial charge in [-0.1, -0.05) is 0 Å². The zero-order chi connectivity index (χ0) is 20.5. The fourth-order valence-electron chi connectivity index (χ4n) is 3.63. The molecular weight excluding hydrogens is 372 g/mol. The molecule has 0 aliphatic carbocycles. The molecule has 9 heteroatoms. The fourth-order valence-corrected chi connectivity index (χ4v) is 3.63. The monoisotopic (exact) mass is 394 g/mol. The van der Waals surface area contributed by atoms with Gasteiger partial charge in [-0.05, 0) is 44.9 Å². The lowest BCUT2D eigenvalue weighted by Gasteiger charge is -2.17. The van der Waals surface area contributed by atoms with Crippen molar-refractivity contribution in [3.05, 3.63) is 52.3 Å². The molecule has 1 aliphatic heterocycles. The molecule has 0 atom stereocenters. The summed E-state index contributed by atoms with van der Waals surface area (Å²) in [5, 5.41) is 19.4. The van der Waals surface area contributed by atoms with E-state index in [2.05, 4.69) is 15.4 Å². The first-order valence-corrected chi connectivity index (χ1v) is 9.62. The summed E-state index contributed by atoms with van der Waals surface area (Å²) in [6, 6.07) is 6.59. The number of pyridine rings is 1. The van der Waals surface area contributed by atoms with Crippen LogP contribution in [0.1, 0.15) is 43.1 Å². The van der Waals surface area contributed by atoms with Gasteiger partial charge in [0.1, 0.15) is 5.69 Å². The van der Waals surface area contributed by atoms with Crippen molar-refractivity contribution < 1.29 is 9.72 Å². The Morgan fingerprint density at radius 3 is 2.66 bits per heavy atom. The average Bonchev–Trinajstić information content (AvgIpc) is 3.37. The Bertz CT molecular complexity index is 1090. The maximum atomic E-state index is 12.7. The molecule has 1 N–H and O–H groups in total. The number of benzene rings is 1. The third kappa shape index (κ3) is 3.63. The highest BCUT2D eigenvalue weighted by atomic mass is 16.6. The molecule has 3 aromatic rings. The largest absolute Gasteiger partial charge is 0.366 e. The highest BCUT2D eigenvalue weighted by Crippen LogP contribution is 2.32. The van der Waals surface area contributed by atoms with E-state index in [-0.39, 0.29) is 17.3 Å². The number of hydrogen-bond acceptors (Lipinski definition) is 6. The van der Waals surface area contributed by atoms with Gasteiger partial charge in [-0.15, -0.1) is 0 Å². The van der Waals surface area contributed by atoms with Crippen LogP contribution in [0.25, 0.3) is 11.0 Å². The number of carbonyl (C=O) groups excluding carboxylic acids is 1. The smallest absolute Gasteiger partial charge is 0.293 e. The van der Waals surface area contributed by atoms with E-state index in [1.807, 2.05) is 18.7 Å². The molecule has 3 heterocycles. The van der Waals surface area contributed by atoms with Crippen LogP contribution in [0, 0.1) is 10.1 Å². The Labute approximate surface area is 167 Å². The molecule has 2 aromatic heterocycles. The fraction of sp³-hybridized carbons (Fsp3) is 0.350. The van der Waals surface area contributed by atoms with Gasteiger partial charge >= 0.3 is 0 Å². The zero-order valence-electron chi connectivity index (χ0n) is 16.3. The van der Waals surface area contributed by atoms with Gasteiger partial charge < -0.3 is 10.2 Å². The molecule has 1 amide bonds. The number of nitrogens with zero attached hydrogens (tertiary/aromatic N) is 5. The third-order valence-corrected chi connectivity index (χ3v) is 5.06. The summed E-state index contributed by atoms with van der Waals surface area (Å²) in [4.78, 5) is 30.2. The summed E-state index contributed by atoms with van der Waals surface area (Å²) in [6.45, 7) is 5.62. The van der Waals surface area contributed by atoms with Crippen LogP contribution < -0.4 is 10.2 Å². The predicted molar refractivity (Wildman–Crippen MR) is 110 cm³/mol. The molecule has 0 radical (unpaired) electrons. The van der Waals surface area contributed by atoms with Crippen molar-refractivity contribution in [3.8, 4) is 0 Å². The lowest BCUT2D eigenvalue weighted by atomic mass is 10.1. The van der Waals surface area contributed by atoms with Crippen LogP contribution in [0.15, 0.2) is 36.7 Å². The van der Waals surface area contributed by atoms with Crippen LogP contribution in [0.3, 0.4) is 0 Å². The molecule has 29 heavy (non-hydrogen) atoms. The number of hydrogen-bond donors (Lipinski definition) is 1. The van der Waals surface area contributed by atoms with Gasteiger partial charge in [0.15, 0.2) is 5.65 Å². The van der Waals surface area contributed by atoms with Gasteiger partial charge in [-0.2, -0.15) is 5.10 Å². The summed E-state index contributed by atoms with van der Waals surface area (Å²) in [5.74, 6) is -0.418. The molecule has 4 rings (SSSR count). The van der Waals surface area contributed by atoms with Crippen molar-refractivity contribution >= 4 is 34.0 Å². The number of nitro groups is 1. The number of fused-ring (bicyclic) bond motifs is 1.